The molecule has 7 rings (SSSR count). The smallest absolute Gasteiger partial charge is 0.227 e. The molecule has 3 heteroatoms. The van der Waals surface area contributed by atoms with E-state index < -0.39 is 0 Å². The number of furan rings is 1. The Kier molecular flexibility index (Phi) is 4.19. The second-order valence-electron chi connectivity index (χ2n) is 9.57. The highest BCUT2D eigenvalue weighted by molar-refractivity contribution is 6.10. The van der Waals surface area contributed by atoms with Crippen LogP contribution in [-0.2, 0) is 6.42 Å². The monoisotopic (exact) mass is 396 g/mol. The number of hydrogen-bond donors (Lipinski definition) is 0. The van der Waals surface area contributed by atoms with Gasteiger partial charge in [-0.25, -0.2) is 4.98 Å². The summed E-state index contributed by atoms with van der Waals surface area (Å²) in [6.45, 7) is 4.15. The first-order chi connectivity index (χ1) is 14.7. The summed E-state index contributed by atoms with van der Waals surface area (Å²) in [6, 6.07) is 13.0. The van der Waals surface area contributed by atoms with Crippen molar-refractivity contribution >= 4 is 22.1 Å². The van der Waals surface area contributed by atoms with Crippen LogP contribution in [-0.4, -0.2) is 9.97 Å². The molecular weight excluding hydrogens is 368 g/mol. The van der Waals surface area contributed by atoms with Crippen molar-refractivity contribution in [2.45, 2.75) is 52.4 Å². The van der Waals surface area contributed by atoms with Crippen LogP contribution in [0.1, 0.15) is 48.9 Å². The Morgan fingerprint density at radius 1 is 1.00 bits per heavy atom. The number of fused-ring (bicyclic) bond motifs is 6. The summed E-state index contributed by atoms with van der Waals surface area (Å²) in [5.41, 5.74) is 7.30. The summed E-state index contributed by atoms with van der Waals surface area (Å²) >= 11 is 0. The maximum absolute atomic E-state index is 6.28. The maximum atomic E-state index is 6.28. The summed E-state index contributed by atoms with van der Waals surface area (Å²) in [6.07, 6.45) is 10.4. The highest BCUT2D eigenvalue weighted by Crippen LogP contribution is 2.46. The summed E-state index contributed by atoms with van der Waals surface area (Å²) in [5.74, 6) is 2.76. The van der Waals surface area contributed by atoms with Crippen molar-refractivity contribution in [3.05, 3.63) is 59.4 Å². The van der Waals surface area contributed by atoms with E-state index >= 15 is 0 Å². The molecule has 3 fully saturated rings. The molecule has 3 aliphatic rings. The number of aryl methyl sites for hydroxylation is 2. The number of rotatable bonds is 3. The Bertz CT molecular complexity index is 1250. The Morgan fingerprint density at radius 2 is 1.87 bits per heavy atom. The van der Waals surface area contributed by atoms with Crippen LogP contribution in [0.15, 0.2) is 47.0 Å². The molecule has 152 valence electrons. The molecule has 3 nitrogen and oxygen atoms in total. The molecule has 3 heterocycles. The highest BCUT2D eigenvalue weighted by atomic mass is 16.3. The van der Waals surface area contributed by atoms with Crippen LogP contribution in [0.25, 0.3) is 33.3 Å². The number of benzene rings is 1. The van der Waals surface area contributed by atoms with Crippen LogP contribution in [0.4, 0.5) is 0 Å². The summed E-state index contributed by atoms with van der Waals surface area (Å²) in [4.78, 5) is 9.36. The first-order valence-corrected chi connectivity index (χ1v) is 11.4. The number of pyridine rings is 2. The molecule has 2 bridgehead atoms. The highest BCUT2D eigenvalue weighted by Gasteiger charge is 2.35. The van der Waals surface area contributed by atoms with Crippen molar-refractivity contribution in [1.82, 2.24) is 9.97 Å². The Balaban J connectivity index is 1.41. The average molecular weight is 397 g/mol. The summed E-state index contributed by atoms with van der Waals surface area (Å²) in [5, 5.41) is 2.25. The molecule has 0 radical (unpaired) electrons. The number of aromatic nitrogens is 2. The van der Waals surface area contributed by atoms with E-state index in [0.29, 0.717) is 0 Å². The third kappa shape index (κ3) is 2.94. The van der Waals surface area contributed by atoms with Gasteiger partial charge in [0.1, 0.15) is 5.58 Å². The minimum atomic E-state index is 0.718. The van der Waals surface area contributed by atoms with Gasteiger partial charge in [-0.15, -0.1) is 0 Å². The van der Waals surface area contributed by atoms with Crippen LogP contribution < -0.4 is 0 Å². The Morgan fingerprint density at radius 3 is 2.67 bits per heavy atom. The number of nitrogens with zero attached hydrogens (tertiary/aromatic N) is 2. The lowest BCUT2D eigenvalue weighted by atomic mass is 9.63. The molecule has 3 saturated carbocycles. The van der Waals surface area contributed by atoms with Crippen molar-refractivity contribution in [3.8, 4) is 11.3 Å². The molecule has 30 heavy (non-hydrogen) atoms. The van der Waals surface area contributed by atoms with Crippen molar-refractivity contribution in [2.24, 2.45) is 17.8 Å². The van der Waals surface area contributed by atoms with Gasteiger partial charge >= 0.3 is 0 Å². The fraction of sp³-hybridized carbons (Fsp3) is 0.407. The van der Waals surface area contributed by atoms with Crippen LogP contribution in [0.3, 0.4) is 0 Å². The van der Waals surface area contributed by atoms with Crippen molar-refractivity contribution in [2.75, 3.05) is 0 Å². The zero-order valence-electron chi connectivity index (χ0n) is 17.8. The van der Waals surface area contributed by atoms with Gasteiger partial charge in [-0.2, -0.15) is 0 Å². The largest absolute Gasteiger partial charge is 0.437 e. The first-order valence-electron chi connectivity index (χ1n) is 11.4. The van der Waals surface area contributed by atoms with Gasteiger partial charge in [0, 0.05) is 28.2 Å². The predicted molar refractivity (Wildman–Crippen MR) is 121 cm³/mol. The van der Waals surface area contributed by atoms with Gasteiger partial charge < -0.3 is 4.42 Å². The molecule has 1 atom stereocenters. The molecule has 4 aromatic rings. The van der Waals surface area contributed by atoms with E-state index in [-0.39, 0.29) is 0 Å². The molecule has 0 N–H and O–H groups in total. The van der Waals surface area contributed by atoms with Crippen LogP contribution in [0.5, 0.6) is 0 Å². The minimum Gasteiger partial charge on any atom is -0.437 e. The van der Waals surface area contributed by atoms with Gasteiger partial charge in [0.15, 0.2) is 0 Å². The van der Waals surface area contributed by atoms with Gasteiger partial charge in [-0.05, 0) is 98.7 Å². The lowest BCUT2D eigenvalue weighted by molar-refractivity contribution is 0.0991. The topological polar surface area (TPSA) is 38.9 Å². The van der Waals surface area contributed by atoms with Crippen molar-refractivity contribution in [3.63, 3.8) is 0 Å². The van der Waals surface area contributed by atoms with Gasteiger partial charge in [0.25, 0.3) is 0 Å². The lowest BCUT2D eigenvalue weighted by Crippen LogP contribution is -2.32. The average Bonchev–Trinajstić information content (AvgIpc) is 3.14. The molecule has 1 aromatic carbocycles. The predicted octanol–water partition coefficient (Wildman–Crippen LogP) is 7.03. The fourth-order valence-electron chi connectivity index (χ4n) is 6.04. The zero-order chi connectivity index (χ0) is 20.2. The van der Waals surface area contributed by atoms with Gasteiger partial charge in [-0.3, -0.25) is 4.98 Å². The fourth-order valence-corrected chi connectivity index (χ4v) is 6.04. The quantitative estimate of drug-likeness (QED) is 0.373. The van der Waals surface area contributed by atoms with E-state index in [1.54, 1.807) is 0 Å². The van der Waals surface area contributed by atoms with E-state index in [1.165, 1.54) is 49.7 Å². The second-order valence-corrected chi connectivity index (χ2v) is 9.57. The van der Waals surface area contributed by atoms with E-state index in [9.17, 15) is 0 Å². The summed E-state index contributed by atoms with van der Waals surface area (Å²) in [7, 11) is 0. The SMILES string of the molecule is Cc1ccc2c(n1)oc1c(-c3cc(CC4CC5CCC4CC5)ccn3)ccc(C)c12. The van der Waals surface area contributed by atoms with Crippen LogP contribution in [0.2, 0.25) is 0 Å². The van der Waals surface area contributed by atoms with E-state index in [4.69, 9.17) is 9.40 Å². The Labute approximate surface area is 177 Å². The zero-order valence-corrected chi connectivity index (χ0v) is 17.8. The lowest BCUT2D eigenvalue weighted by Gasteiger charge is -2.42. The van der Waals surface area contributed by atoms with Gasteiger partial charge in [0.2, 0.25) is 5.71 Å². The molecule has 3 aromatic heterocycles. The third-order valence-corrected chi connectivity index (χ3v) is 7.63. The van der Waals surface area contributed by atoms with Crippen LogP contribution in [0, 0.1) is 31.6 Å². The number of hydrogen-bond acceptors (Lipinski definition) is 3. The van der Waals surface area contributed by atoms with Crippen molar-refractivity contribution in [1.29, 1.82) is 0 Å². The van der Waals surface area contributed by atoms with Crippen molar-refractivity contribution < 1.29 is 4.42 Å². The molecule has 0 aliphatic heterocycles. The standard InChI is InChI=1S/C27H28N2O/c1-16-3-9-22(26-25(16)23-10-4-17(2)29-27(23)30-26)24-15-19(11-12-28-24)14-21-13-18-5-7-20(21)8-6-18/h3-4,9-12,15,18,20-21H,5-8,13-14H2,1-2H3. The first kappa shape index (κ1) is 18.1. The molecule has 0 spiro atoms. The van der Waals surface area contributed by atoms with E-state index in [2.05, 4.69) is 48.3 Å². The van der Waals surface area contributed by atoms with Gasteiger partial charge in [0.05, 0.1) is 5.69 Å². The Hall–Kier alpha value is -2.68. The normalized spacial score (nSPS) is 23.5. The molecular formula is C27H28N2O. The second kappa shape index (κ2) is 6.94. The summed E-state index contributed by atoms with van der Waals surface area (Å²) < 4.78 is 6.28. The van der Waals surface area contributed by atoms with E-state index in [0.717, 1.165) is 56.8 Å². The minimum absolute atomic E-state index is 0.718. The molecule has 3 aliphatic carbocycles. The van der Waals surface area contributed by atoms with Crippen LogP contribution >= 0.6 is 0 Å². The van der Waals surface area contributed by atoms with Gasteiger partial charge in [-0.1, -0.05) is 18.9 Å². The third-order valence-electron chi connectivity index (χ3n) is 7.63. The molecule has 0 saturated heterocycles. The van der Waals surface area contributed by atoms with E-state index in [1.807, 2.05) is 13.1 Å². The molecule has 1 unspecified atom stereocenters. The maximum Gasteiger partial charge on any atom is 0.227 e. The molecule has 0 amide bonds.